The van der Waals surface area contributed by atoms with Crippen molar-refractivity contribution < 1.29 is 14.3 Å². The molecule has 0 aromatic carbocycles. The molecule has 0 spiro atoms. The summed E-state index contributed by atoms with van der Waals surface area (Å²) in [6, 6.07) is 0. The fourth-order valence-corrected chi connectivity index (χ4v) is 1.52. The van der Waals surface area contributed by atoms with E-state index >= 15 is 0 Å². The van der Waals surface area contributed by atoms with Crippen LogP contribution < -0.4 is 0 Å². The van der Waals surface area contributed by atoms with Gasteiger partial charge in [-0.25, -0.2) is 0 Å². The molecule has 4 heteroatoms. The van der Waals surface area contributed by atoms with E-state index in [0.717, 1.165) is 6.42 Å². The summed E-state index contributed by atoms with van der Waals surface area (Å²) in [5.41, 5.74) is 0. The number of nitrogens with zero attached hydrogens (tertiary/aromatic N) is 1. The van der Waals surface area contributed by atoms with Crippen LogP contribution in [0.5, 0.6) is 0 Å². The van der Waals surface area contributed by atoms with Crippen LogP contribution in [0.2, 0.25) is 0 Å². The zero-order valence-electron chi connectivity index (χ0n) is 12.0. The van der Waals surface area contributed by atoms with Gasteiger partial charge in [-0.15, -0.1) is 0 Å². The molecular weight excluding hydrogens is 230 g/mol. The SMILES string of the molecule is CCCCCCCOCC(=O)CCN(C)C(C)=O. The Morgan fingerprint density at radius 1 is 1.11 bits per heavy atom. The van der Waals surface area contributed by atoms with Crippen molar-refractivity contribution in [1.29, 1.82) is 0 Å². The minimum absolute atomic E-state index is 0.0142. The summed E-state index contributed by atoms with van der Waals surface area (Å²) in [7, 11) is 1.70. The van der Waals surface area contributed by atoms with E-state index in [0.29, 0.717) is 19.6 Å². The Morgan fingerprint density at radius 2 is 1.78 bits per heavy atom. The summed E-state index contributed by atoms with van der Waals surface area (Å²) in [5, 5.41) is 0. The maximum Gasteiger partial charge on any atom is 0.219 e. The van der Waals surface area contributed by atoms with E-state index in [2.05, 4.69) is 6.92 Å². The molecule has 0 aliphatic heterocycles. The summed E-state index contributed by atoms with van der Waals surface area (Å²) < 4.78 is 5.32. The lowest BCUT2D eigenvalue weighted by Gasteiger charge is -2.13. The Balaban J connectivity index is 3.35. The Kier molecular flexibility index (Phi) is 10.6. The quantitative estimate of drug-likeness (QED) is 0.534. The first-order valence-electron chi connectivity index (χ1n) is 6.89. The highest BCUT2D eigenvalue weighted by Crippen LogP contribution is 2.02. The van der Waals surface area contributed by atoms with Crippen LogP contribution in [0.25, 0.3) is 0 Å². The Morgan fingerprint density at radius 3 is 2.39 bits per heavy atom. The van der Waals surface area contributed by atoms with Gasteiger partial charge >= 0.3 is 0 Å². The monoisotopic (exact) mass is 257 g/mol. The van der Waals surface area contributed by atoms with Crippen molar-refractivity contribution in [2.45, 2.75) is 52.4 Å². The second-order valence-electron chi connectivity index (χ2n) is 4.70. The van der Waals surface area contributed by atoms with Gasteiger partial charge in [0, 0.05) is 33.5 Å². The van der Waals surface area contributed by atoms with Crippen molar-refractivity contribution >= 4 is 11.7 Å². The van der Waals surface area contributed by atoms with E-state index < -0.39 is 0 Å². The first kappa shape index (κ1) is 17.1. The molecular formula is C14H27NO3. The lowest BCUT2D eigenvalue weighted by molar-refractivity contribution is -0.128. The van der Waals surface area contributed by atoms with Gasteiger partial charge in [0.2, 0.25) is 5.91 Å². The standard InChI is InChI=1S/C14H27NO3/c1-4-5-6-7-8-11-18-12-14(17)9-10-15(3)13(2)16/h4-12H2,1-3H3. The molecule has 0 aromatic heterocycles. The highest BCUT2D eigenvalue weighted by Gasteiger charge is 2.06. The number of carbonyl (C=O) groups excluding carboxylic acids is 2. The van der Waals surface area contributed by atoms with Gasteiger partial charge in [0.15, 0.2) is 5.78 Å². The molecule has 0 aliphatic rings. The van der Waals surface area contributed by atoms with Crippen LogP contribution >= 0.6 is 0 Å². The maximum atomic E-state index is 11.4. The Labute approximate surface area is 111 Å². The largest absolute Gasteiger partial charge is 0.374 e. The molecule has 0 saturated carbocycles. The minimum atomic E-state index is -0.0142. The van der Waals surface area contributed by atoms with E-state index in [1.165, 1.54) is 32.6 Å². The second kappa shape index (κ2) is 11.2. The third-order valence-electron chi connectivity index (χ3n) is 2.92. The second-order valence-corrected chi connectivity index (χ2v) is 4.70. The lowest BCUT2D eigenvalue weighted by Crippen LogP contribution is -2.27. The lowest BCUT2D eigenvalue weighted by atomic mass is 10.2. The first-order valence-corrected chi connectivity index (χ1v) is 6.89. The van der Waals surface area contributed by atoms with Gasteiger partial charge in [-0.05, 0) is 6.42 Å². The third-order valence-corrected chi connectivity index (χ3v) is 2.92. The van der Waals surface area contributed by atoms with Crippen molar-refractivity contribution in [3.05, 3.63) is 0 Å². The molecule has 0 radical (unpaired) electrons. The van der Waals surface area contributed by atoms with Crippen molar-refractivity contribution in [2.24, 2.45) is 0 Å². The highest BCUT2D eigenvalue weighted by molar-refractivity contribution is 5.80. The summed E-state index contributed by atoms with van der Waals surface area (Å²) >= 11 is 0. The molecule has 0 N–H and O–H groups in total. The van der Waals surface area contributed by atoms with Gasteiger partial charge < -0.3 is 9.64 Å². The van der Waals surface area contributed by atoms with E-state index in [9.17, 15) is 9.59 Å². The fourth-order valence-electron chi connectivity index (χ4n) is 1.52. The van der Waals surface area contributed by atoms with Crippen LogP contribution in [0.15, 0.2) is 0 Å². The summed E-state index contributed by atoms with van der Waals surface area (Å²) in [4.78, 5) is 23.9. The zero-order valence-corrected chi connectivity index (χ0v) is 12.0. The number of hydrogen-bond donors (Lipinski definition) is 0. The van der Waals surface area contributed by atoms with Crippen LogP contribution in [0, 0.1) is 0 Å². The zero-order chi connectivity index (χ0) is 13.8. The molecule has 18 heavy (non-hydrogen) atoms. The molecule has 4 nitrogen and oxygen atoms in total. The number of ether oxygens (including phenoxy) is 1. The molecule has 0 aromatic rings. The average molecular weight is 257 g/mol. The molecule has 0 unspecified atom stereocenters. The number of hydrogen-bond acceptors (Lipinski definition) is 3. The molecule has 0 saturated heterocycles. The molecule has 0 aliphatic carbocycles. The number of Topliss-reactive ketones (excluding diaryl/α,β-unsaturated/α-hetero) is 1. The van der Waals surface area contributed by atoms with Crippen molar-refractivity contribution in [3.63, 3.8) is 0 Å². The van der Waals surface area contributed by atoms with Crippen molar-refractivity contribution in [3.8, 4) is 0 Å². The molecule has 0 fully saturated rings. The molecule has 0 atom stereocenters. The van der Waals surface area contributed by atoms with E-state index in [1.807, 2.05) is 0 Å². The molecule has 106 valence electrons. The predicted molar refractivity (Wildman–Crippen MR) is 72.5 cm³/mol. The van der Waals surface area contributed by atoms with E-state index in [1.54, 1.807) is 11.9 Å². The van der Waals surface area contributed by atoms with Gasteiger partial charge in [0.05, 0.1) is 0 Å². The Bertz CT molecular complexity index is 241. The first-order chi connectivity index (χ1) is 8.57. The van der Waals surface area contributed by atoms with Crippen LogP contribution in [-0.4, -0.2) is 43.4 Å². The van der Waals surface area contributed by atoms with Gasteiger partial charge in [-0.2, -0.15) is 0 Å². The number of ketones is 1. The molecule has 0 bridgehead atoms. The summed E-state index contributed by atoms with van der Waals surface area (Å²) in [6.45, 7) is 5.01. The van der Waals surface area contributed by atoms with E-state index in [-0.39, 0.29) is 18.3 Å². The molecule has 0 heterocycles. The van der Waals surface area contributed by atoms with Gasteiger partial charge in [0.1, 0.15) is 6.61 Å². The number of carbonyl (C=O) groups is 2. The van der Waals surface area contributed by atoms with Crippen LogP contribution in [0.1, 0.15) is 52.4 Å². The predicted octanol–water partition coefficient (Wildman–Crippen LogP) is 2.41. The summed E-state index contributed by atoms with van der Waals surface area (Å²) in [6.07, 6.45) is 6.35. The number of rotatable bonds is 11. The number of amides is 1. The number of unbranched alkanes of at least 4 members (excludes halogenated alkanes) is 4. The third kappa shape index (κ3) is 10.3. The average Bonchev–Trinajstić information content (AvgIpc) is 2.34. The Hall–Kier alpha value is -0.900. The van der Waals surface area contributed by atoms with Crippen LogP contribution in [0.4, 0.5) is 0 Å². The van der Waals surface area contributed by atoms with Gasteiger partial charge in [-0.1, -0.05) is 32.6 Å². The van der Waals surface area contributed by atoms with Crippen LogP contribution in [0.3, 0.4) is 0 Å². The van der Waals surface area contributed by atoms with Gasteiger partial charge in [-0.3, -0.25) is 9.59 Å². The molecule has 1 amide bonds. The smallest absolute Gasteiger partial charge is 0.219 e. The minimum Gasteiger partial charge on any atom is -0.374 e. The van der Waals surface area contributed by atoms with Crippen molar-refractivity contribution in [2.75, 3.05) is 26.8 Å². The van der Waals surface area contributed by atoms with Gasteiger partial charge in [0.25, 0.3) is 0 Å². The summed E-state index contributed by atoms with van der Waals surface area (Å²) in [5.74, 6) is 0.0521. The normalized spacial score (nSPS) is 10.4. The highest BCUT2D eigenvalue weighted by atomic mass is 16.5. The molecule has 0 rings (SSSR count). The maximum absolute atomic E-state index is 11.4. The van der Waals surface area contributed by atoms with E-state index in [4.69, 9.17) is 4.74 Å². The topological polar surface area (TPSA) is 46.6 Å². The fraction of sp³-hybridized carbons (Fsp3) is 0.857. The van der Waals surface area contributed by atoms with Crippen LogP contribution in [-0.2, 0) is 14.3 Å². The van der Waals surface area contributed by atoms with Crippen molar-refractivity contribution in [1.82, 2.24) is 4.90 Å².